The molecule has 0 saturated heterocycles. The topological polar surface area (TPSA) is 67.9 Å². The third kappa shape index (κ3) is 7.11. The number of rotatable bonds is 8. The van der Waals surface area contributed by atoms with Crippen LogP contribution in [-0.4, -0.2) is 83.5 Å². The highest BCUT2D eigenvalue weighted by atomic mass is 16.2. The number of anilines is 1. The molecule has 0 aliphatic carbocycles. The molecule has 1 aromatic carbocycles. The third-order valence-corrected chi connectivity index (χ3v) is 3.92. The van der Waals surface area contributed by atoms with Crippen LogP contribution >= 0.6 is 0 Å². The molecule has 1 rings (SSSR count). The van der Waals surface area contributed by atoms with Crippen molar-refractivity contribution in [3.05, 3.63) is 29.8 Å². The SMILES string of the molecule is CN(C)CCNC(=O)C(=O)NCC(c1ccc(N(C)C)cc1)N(C)C. The number of nitrogens with one attached hydrogen (secondary N) is 2. The Labute approximate surface area is 151 Å². The van der Waals surface area contributed by atoms with Crippen LogP contribution in [0.25, 0.3) is 0 Å². The lowest BCUT2D eigenvalue weighted by Gasteiger charge is -2.25. The highest BCUT2D eigenvalue weighted by Crippen LogP contribution is 2.20. The quantitative estimate of drug-likeness (QED) is 0.654. The van der Waals surface area contributed by atoms with E-state index >= 15 is 0 Å². The lowest BCUT2D eigenvalue weighted by atomic mass is 10.1. The Bertz CT molecular complexity index is 555. The number of likely N-dealkylation sites (N-methyl/N-ethyl adjacent to an activating group) is 2. The fourth-order valence-electron chi connectivity index (χ4n) is 2.34. The van der Waals surface area contributed by atoms with Gasteiger partial charge in [0, 0.05) is 39.4 Å². The summed E-state index contributed by atoms with van der Waals surface area (Å²) in [7, 11) is 11.7. The Kier molecular flexibility index (Phi) is 8.37. The molecule has 0 saturated carbocycles. The maximum atomic E-state index is 12.0. The van der Waals surface area contributed by atoms with Crippen LogP contribution < -0.4 is 15.5 Å². The minimum Gasteiger partial charge on any atom is -0.378 e. The summed E-state index contributed by atoms with van der Waals surface area (Å²) in [6.45, 7) is 1.51. The van der Waals surface area contributed by atoms with E-state index in [1.165, 1.54) is 0 Å². The molecule has 0 spiro atoms. The molecule has 0 fully saturated rings. The Morgan fingerprint density at radius 2 is 1.48 bits per heavy atom. The van der Waals surface area contributed by atoms with Crippen molar-refractivity contribution >= 4 is 17.5 Å². The minimum absolute atomic E-state index is 0.00487. The Balaban J connectivity index is 2.60. The molecular formula is C18H31N5O2. The standard InChI is InChI=1S/C18H31N5O2/c1-21(2)12-11-19-17(24)18(25)20-13-16(23(5)6)14-7-9-15(10-8-14)22(3)4/h7-10,16H,11-13H2,1-6H3,(H,19,24)(H,20,25). The first-order valence-corrected chi connectivity index (χ1v) is 8.36. The predicted octanol–water partition coefficient (Wildman–Crippen LogP) is 0.149. The van der Waals surface area contributed by atoms with Crippen LogP contribution in [0.2, 0.25) is 0 Å². The number of carbonyl (C=O) groups excluding carboxylic acids is 2. The van der Waals surface area contributed by atoms with E-state index in [1.54, 1.807) is 0 Å². The van der Waals surface area contributed by atoms with Gasteiger partial charge in [-0.05, 0) is 45.9 Å². The molecule has 1 atom stereocenters. The van der Waals surface area contributed by atoms with Gasteiger partial charge in [0.2, 0.25) is 0 Å². The van der Waals surface area contributed by atoms with Crippen LogP contribution in [0.5, 0.6) is 0 Å². The molecule has 0 bridgehead atoms. The van der Waals surface area contributed by atoms with Gasteiger partial charge in [0.25, 0.3) is 0 Å². The molecular weight excluding hydrogens is 318 g/mol. The molecule has 1 aromatic rings. The van der Waals surface area contributed by atoms with E-state index in [0.29, 0.717) is 19.6 Å². The Morgan fingerprint density at radius 3 is 1.96 bits per heavy atom. The molecule has 0 aromatic heterocycles. The van der Waals surface area contributed by atoms with Crippen molar-refractivity contribution in [1.82, 2.24) is 20.4 Å². The first-order chi connectivity index (χ1) is 11.7. The summed E-state index contributed by atoms with van der Waals surface area (Å²) in [5.74, 6) is -1.20. The van der Waals surface area contributed by atoms with Gasteiger partial charge in [0.15, 0.2) is 0 Å². The first kappa shape index (κ1) is 20.9. The van der Waals surface area contributed by atoms with Crippen molar-refractivity contribution in [2.24, 2.45) is 0 Å². The third-order valence-electron chi connectivity index (χ3n) is 3.92. The smallest absolute Gasteiger partial charge is 0.309 e. The summed E-state index contributed by atoms with van der Waals surface area (Å²) in [6.07, 6.45) is 0. The van der Waals surface area contributed by atoms with Gasteiger partial charge in [-0.25, -0.2) is 0 Å². The summed E-state index contributed by atoms with van der Waals surface area (Å²) in [5.41, 5.74) is 2.20. The fourth-order valence-corrected chi connectivity index (χ4v) is 2.34. The summed E-state index contributed by atoms with van der Waals surface area (Å²) < 4.78 is 0. The van der Waals surface area contributed by atoms with Crippen molar-refractivity contribution in [3.63, 3.8) is 0 Å². The van der Waals surface area contributed by atoms with E-state index in [0.717, 1.165) is 11.3 Å². The highest BCUT2D eigenvalue weighted by molar-refractivity contribution is 6.35. The average Bonchev–Trinajstić information content (AvgIpc) is 2.54. The van der Waals surface area contributed by atoms with Gasteiger partial charge in [-0.2, -0.15) is 0 Å². The van der Waals surface area contributed by atoms with Gasteiger partial charge in [-0.15, -0.1) is 0 Å². The van der Waals surface area contributed by atoms with Crippen LogP contribution in [0.3, 0.4) is 0 Å². The van der Waals surface area contributed by atoms with Gasteiger partial charge >= 0.3 is 11.8 Å². The fraction of sp³-hybridized carbons (Fsp3) is 0.556. The Hall–Kier alpha value is -2.12. The number of benzene rings is 1. The van der Waals surface area contributed by atoms with Crippen molar-refractivity contribution in [2.45, 2.75) is 6.04 Å². The second-order valence-corrected chi connectivity index (χ2v) is 6.73. The lowest BCUT2D eigenvalue weighted by Crippen LogP contribution is -2.44. The van der Waals surface area contributed by atoms with Gasteiger partial charge in [0.05, 0.1) is 6.04 Å². The number of hydrogen-bond acceptors (Lipinski definition) is 5. The van der Waals surface area contributed by atoms with Gasteiger partial charge in [0.1, 0.15) is 0 Å². The average molecular weight is 349 g/mol. The molecule has 25 heavy (non-hydrogen) atoms. The molecule has 7 nitrogen and oxygen atoms in total. The summed E-state index contributed by atoms with van der Waals surface area (Å²) in [4.78, 5) is 29.8. The number of nitrogens with zero attached hydrogens (tertiary/aromatic N) is 3. The van der Waals surface area contributed by atoms with Gasteiger partial charge in [-0.3, -0.25) is 9.59 Å². The van der Waals surface area contributed by atoms with E-state index in [9.17, 15) is 9.59 Å². The van der Waals surface area contributed by atoms with Crippen LogP contribution in [0.1, 0.15) is 11.6 Å². The highest BCUT2D eigenvalue weighted by Gasteiger charge is 2.18. The van der Waals surface area contributed by atoms with Crippen LogP contribution in [0.15, 0.2) is 24.3 Å². The van der Waals surface area contributed by atoms with E-state index in [4.69, 9.17) is 0 Å². The van der Waals surface area contributed by atoms with Gasteiger partial charge < -0.3 is 25.3 Å². The molecule has 2 amide bonds. The second kappa shape index (κ2) is 10.0. The zero-order chi connectivity index (χ0) is 19.0. The molecule has 2 N–H and O–H groups in total. The van der Waals surface area contributed by atoms with Crippen molar-refractivity contribution in [2.75, 3.05) is 66.8 Å². The zero-order valence-corrected chi connectivity index (χ0v) is 16.2. The molecule has 0 aliphatic heterocycles. The van der Waals surface area contributed by atoms with E-state index < -0.39 is 11.8 Å². The molecule has 0 aliphatic rings. The minimum atomic E-state index is -0.601. The number of hydrogen-bond donors (Lipinski definition) is 2. The zero-order valence-electron chi connectivity index (χ0n) is 16.2. The first-order valence-electron chi connectivity index (χ1n) is 8.36. The van der Waals surface area contributed by atoms with E-state index in [1.807, 2.05) is 81.3 Å². The Morgan fingerprint density at radius 1 is 0.920 bits per heavy atom. The number of carbonyl (C=O) groups is 2. The summed E-state index contributed by atoms with van der Waals surface area (Å²) in [5, 5.41) is 5.34. The molecule has 7 heteroatoms. The van der Waals surface area contributed by atoms with Crippen LogP contribution in [0, 0.1) is 0 Å². The maximum Gasteiger partial charge on any atom is 0.309 e. The summed E-state index contributed by atoms with van der Waals surface area (Å²) in [6, 6.07) is 8.17. The van der Waals surface area contributed by atoms with E-state index in [-0.39, 0.29) is 6.04 Å². The molecule has 1 unspecified atom stereocenters. The van der Waals surface area contributed by atoms with Gasteiger partial charge in [-0.1, -0.05) is 12.1 Å². The van der Waals surface area contributed by atoms with Crippen molar-refractivity contribution < 1.29 is 9.59 Å². The monoisotopic (exact) mass is 349 g/mol. The predicted molar refractivity (Wildman–Crippen MR) is 102 cm³/mol. The summed E-state index contributed by atoms with van der Waals surface area (Å²) >= 11 is 0. The van der Waals surface area contributed by atoms with Crippen molar-refractivity contribution in [3.8, 4) is 0 Å². The normalized spacial score (nSPS) is 12.2. The maximum absolute atomic E-state index is 12.0. The van der Waals surface area contributed by atoms with Crippen LogP contribution in [0.4, 0.5) is 5.69 Å². The van der Waals surface area contributed by atoms with E-state index in [2.05, 4.69) is 10.6 Å². The molecule has 0 radical (unpaired) electrons. The lowest BCUT2D eigenvalue weighted by molar-refractivity contribution is -0.139. The second-order valence-electron chi connectivity index (χ2n) is 6.73. The van der Waals surface area contributed by atoms with Crippen molar-refractivity contribution in [1.29, 1.82) is 0 Å². The molecule has 0 heterocycles. The van der Waals surface area contributed by atoms with Crippen LogP contribution in [-0.2, 0) is 9.59 Å². The number of amides is 2. The molecule has 140 valence electrons. The largest absolute Gasteiger partial charge is 0.378 e.